The minimum Gasteiger partial charge on any atom is -0.351 e. The summed E-state index contributed by atoms with van der Waals surface area (Å²) >= 11 is 0. The molecule has 6 heteroatoms. The first-order valence-electron chi connectivity index (χ1n) is 13.6. The number of fused-ring (bicyclic) bond motifs is 1. The van der Waals surface area contributed by atoms with Crippen LogP contribution in [-0.2, 0) is 11.3 Å². The summed E-state index contributed by atoms with van der Waals surface area (Å²) < 4.78 is 1.73. The molecule has 1 aromatic heterocycles. The fourth-order valence-electron chi connectivity index (χ4n) is 5.78. The van der Waals surface area contributed by atoms with Crippen LogP contribution < -0.4 is 10.2 Å². The van der Waals surface area contributed by atoms with Crippen LogP contribution >= 0.6 is 0 Å². The van der Waals surface area contributed by atoms with Crippen molar-refractivity contribution in [3.05, 3.63) is 70.9 Å². The van der Waals surface area contributed by atoms with E-state index in [0.29, 0.717) is 18.2 Å². The van der Waals surface area contributed by atoms with Crippen molar-refractivity contribution in [3.63, 3.8) is 0 Å². The van der Waals surface area contributed by atoms with Crippen molar-refractivity contribution in [2.24, 2.45) is 0 Å². The molecule has 37 heavy (non-hydrogen) atoms. The normalized spacial score (nSPS) is 20.3. The molecule has 6 nitrogen and oxygen atoms in total. The van der Waals surface area contributed by atoms with Gasteiger partial charge in [0.05, 0.1) is 12.2 Å². The molecule has 2 amide bonds. The molecular weight excluding hydrogens is 460 g/mol. The number of benzene rings is 2. The maximum absolute atomic E-state index is 14.1. The van der Waals surface area contributed by atoms with Crippen molar-refractivity contribution < 1.29 is 9.59 Å². The molecule has 0 spiro atoms. The van der Waals surface area contributed by atoms with Crippen molar-refractivity contribution in [2.75, 3.05) is 4.90 Å². The molecule has 0 saturated heterocycles. The molecule has 5 rings (SSSR count). The Labute approximate surface area is 220 Å². The van der Waals surface area contributed by atoms with Gasteiger partial charge >= 0.3 is 0 Å². The lowest BCUT2D eigenvalue weighted by Gasteiger charge is -2.44. The van der Waals surface area contributed by atoms with Gasteiger partial charge in [0.25, 0.3) is 5.91 Å². The first-order chi connectivity index (χ1) is 17.7. The van der Waals surface area contributed by atoms with Crippen molar-refractivity contribution in [1.82, 2.24) is 15.1 Å². The Morgan fingerprint density at radius 3 is 2.38 bits per heavy atom. The summed E-state index contributed by atoms with van der Waals surface area (Å²) in [5.74, 6) is 0.134. The summed E-state index contributed by atoms with van der Waals surface area (Å²) in [6, 6.07) is 16.4. The van der Waals surface area contributed by atoms with Crippen LogP contribution in [0.25, 0.3) is 11.3 Å². The van der Waals surface area contributed by atoms with E-state index in [2.05, 4.69) is 49.5 Å². The van der Waals surface area contributed by atoms with Crippen LogP contribution in [0.15, 0.2) is 48.5 Å². The lowest BCUT2D eigenvalue weighted by Crippen LogP contribution is -2.65. The number of nitrogens with zero attached hydrogens (tertiary/aromatic N) is 3. The standard InChI is InChI=1S/C31H38N4O2/c1-20(2)23-12-14-24(15-13-23)26-18-28-29(36)35(27-16-11-21(3)17-22(27)4)31(5,19-34(28)33-26)30(37)32-25-9-7-6-8-10-25/h11-18,20,25H,6-10,19H2,1-5H3,(H,32,37)/t31-/m1/s1. The Bertz CT molecular complexity index is 1320. The second kappa shape index (κ2) is 9.81. The molecule has 1 aliphatic heterocycles. The van der Waals surface area contributed by atoms with Crippen LogP contribution in [0.5, 0.6) is 0 Å². The van der Waals surface area contributed by atoms with E-state index in [1.165, 1.54) is 12.0 Å². The molecule has 1 aliphatic carbocycles. The molecule has 2 aromatic carbocycles. The maximum atomic E-state index is 14.1. The zero-order chi connectivity index (χ0) is 26.3. The molecule has 0 bridgehead atoms. The predicted molar refractivity (Wildman–Crippen MR) is 148 cm³/mol. The Hall–Kier alpha value is -3.41. The highest BCUT2D eigenvalue weighted by atomic mass is 16.2. The van der Waals surface area contributed by atoms with E-state index in [0.717, 1.165) is 53.8 Å². The molecule has 1 saturated carbocycles. The zero-order valence-corrected chi connectivity index (χ0v) is 22.7. The van der Waals surface area contributed by atoms with Gasteiger partial charge < -0.3 is 5.32 Å². The van der Waals surface area contributed by atoms with Gasteiger partial charge in [-0.2, -0.15) is 5.10 Å². The van der Waals surface area contributed by atoms with E-state index in [1.807, 2.05) is 39.0 Å². The molecule has 3 aromatic rings. The van der Waals surface area contributed by atoms with Crippen LogP contribution in [0.3, 0.4) is 0 Å². The summed E-state index contributed by atoms with van der Waals surface area (Å²) in [7, 11) is 0. The maximum Gasteiger partial charge on any atom is 0.277 e. The second-order valence-electron chi connectivity index (χ2n) is 11.4. The number of carbonyl (C=O) groups is 2. The molecule has 0 radical (unpaired) electrons. The van der Waals surface area contributed by atoms with Crippen LogP contribution in [0.1, 0.15) is 86.0 Å². The van der Waals surface area contributed by atoms with Crippen molar-refractivity contribution in [1.29, 1.82) is 0 Å². The number of hydrogen-bond acceptors (Lipinski definition) is 3. The average molecular weight is 499 g/mol. The fraction of sp³-hybridized carbons (Fsp3) is 0.452. The van der Waals surface area contributed by atoms with E-state index in [-0.39, 0.29) is 17.9 Å². The molecular formula is C31H38N4O2. The Kier molecular flexibility index (Phi) is 6.69. The Morgan fingerprint density at radius 2 is 1.73 bits per heavy atom. The highest BCUT2D eigenvalue weighted by Gasteiger charge is 2.49. The monoisotopic (exact) mass is 498 g/mol. The molecule has 1 fully saturated rings. The van der Waals surface area contributed by atoms with Crippen LogP contribution in [0, 0.1) is 13.8 Å². The van der Waals surface area contributed by atoms with Crippen LogP contribution in [0.4, 0.5) is 5.69 Å². The lowest BCUT2D eigenvalue weighted by atomic mass is 9.90. The van der Waals surface area contributed by atoms with Gasteiger partial charge in [0.2, 0.25) is 5.91 Å². The van der Waals surface area contributed by atoms with E-state index in [9.17, 15) is 9.59 Å². The molecule has 1 atom stereocenters. The quantitative estimate of drug-likeness (QED) is 0.458. The van der Waals surface area contributed by atoms with E-state index >= 15 is 0 Å². The highest BCUT2D eigenvalue weighted by Crippen LogP contribution is 2.36. The van der Waals surface area contributed by atoms with Crippen molar-refractivity contribution in [2.45, 2.75) is 90.8 Å². The molecule has 0 unspecified atom stereocenters. The number of aromatic nitrogens is 2. The Balaban J connectivity index is 1.56. The summed E-state index contributed by atoms with van der Waals surface area (Å²) in [6.07, 6.45) is 5.45. The third kappa shape index (κ3) is 4.70. The smallest absolute Gasteiger partial charge is 0.277 e. The summed E-state index contributed by atoms with van der Waals surface area (Å²) in [5, 5.41) is 8.12. The zero-order valence-electron chi connectivity index (χ0n) is 22.7. The van der Waals surface area contributed by atoms with Crippen molar-refractivity contribution in [3.8, 4) is 11.3 Å². The van der Waals surface area contributed by atoms with Gasteiger partial charge in [-0.1, -0.05) is 75.1 Å². The predicted octanol–water partition coefficient (Wildman–Crippen LogP) is 6.16. The van der Waals surface area contributed by atoms with Crippen molar-refractivity contribution >= 4 is 17.5 Å². The number of hydrogen-bond donors (Lipinski definition) is 1. The van der Waals surface area contributed by atoms with E-state index in [1.54, 1.807) is 9.58 Å². The highest BCUT2D eigenvalue weighted by molar-refractivity contribution is 6.12. The van der Waals surface area contributed by atoms with Gasteiger partial charge in [-0.15, -0.1) is 0 Å². The largest absolute Gasteiger partial charge is 0.351 e. The average Bonchev–Trinajstić information content (AvgIpc) is 3.30. The van der Waals surface area contributed by atoms with E-state index in [4.69, 9.17) is 5.10 Å². The summed E-state index contributed by atoms with van der Waals surface area (Å²) in [6.45, 7) is 10.6. The first-order valence-corrected chi connectivity index (χ1v) is 13.6. The van der Waals surface area contributed by atoms with Crippen LogP contribution in [0.2, 0.25) is 0 Å². The van der Waals surface area contributed by atoms with Gasteiger partial charge in [0.1, 0.15) is 11.2 Å². The number of nitrogens with one attached hydrogen (secondary N) is 1. The fourth-order valence-corrected chi connectivity index (χ4v) is 5.78. The number of aryl methyl sites for hydroxylation is 2. The molecule has 1 N–H and O–H groups in total. The van der Waals surface area contributed by atoms with Gasteiger partial charge in [-0.05, 0) is 62.8 Å². The SMILES string of the molecule is Cc1ccc(N2C(=O)c3cc(-c4ccc(C(C)C)cc4)nn3C[C@]2(C)C(=O)NC2CCCCC2)c(C)c1. The number of rotatable bonds is 5. The topological polar surface area (TPSA) is 67.2 Å². The van der Waals surface area contributed by atoms with Gasteiger partial charge in [0, 0.05) is 17.3 Å². The number of carbonyl (C=O) groups excluding carboxylic acids is 2. The lowest BCUT2D eigenvalue weighted by molar-refractivity contribution is -0.127. The minimum absolute atomic E-state index is 0.114. The first kappa shape index (κ1) is 25.2. The van der Waals surface area contributed by atoms with Gasteiger partial charge in [0.15, 0.2) is 0 Å². The molecule has 194 valence electrons. The Morgan fingerprint density at radius 1 is 1.03 bits per heavy atom. The number of amides is 2. The third-order valence-corrected chi connectivity index (χ3v) is 8.05. The minimum atomic E-state index is -1.10. The van der Waals surface area contributed by atoms with Crippen LogP contribution in [-0.4, -0.2) is 33.2 Å². The summed E-state index contributed by atoms with van der Waals surface area (Å²) in [4.78, 5) is 29.8. The number of anilines is 1. The molecule has 2 heterocycles. The molecule has 2 aliphatic rings. The van der Waals surface area contributed by atoms with E-state index < -0.39 is 5.54 Å². The van der Waals surface area contributed by atoms with Gasteiger partial charge in [-0.3, -0.25) is 19.2 Å². The third-order valence-electron chi connectivity index (χ3n) is 8.05. The summed E-state index contributed by atoms with van der Waals surface area (Å²) in [5.41, 5.74) is 5.24. The van der Waals surface area contributed by atoms with Gasteiger partial charge in [-0.25, -0.2) is 0 Å². The second-order valence-corrected chi connectivity index (χ2v) is 11.4.